The molecule has 0 unspecified atom stereocenters. The maximum atomic E-state index is 5.14. The van der Waals surface area contributed by atoms with Crippen molar-refractivity contribution in [3.8, 4) is 0 Å². The topological polar surface area (TPSA) is 52.0 Å². The zero-order valence-electron chi connectivity index (χ0n) is 3.85. The van der Waals surface area contributed by atoms with Crippen molar-refractivity contribution in [2.45, 2.75) is 19.0 Å². The van der Waals surface area contributed by atoms with Crippen molar-refractivity contribution in [3.05, 3.63) is 6.92 Å². The van der Waals surface area contributed by atoms with Gasteiger partial charge in [-0.05, 0) is 6.42 Å². The number of nitrogens with two attached hydrogens (primary N) is 2. The first-order chi connectivity index (χ1) is 2.77. The van der Waals surface area contributed by atoms with Gasteiger partial charge in [-0.1, -0.05) is 13.3 Å². The minimum absolute atomic E-state index is 0.164. The Hall–Kier alpha value is -0.0800. The van der Waals surface area contributed by atoms with Crippen LogP contribution in [0.15, 0.2) is 0 Å². The summed E-state index contributed by atoms with van der Waals surface area (Å²) in [4.78, 5) is 0. The Bertz CT molecular complexity index is 26.7. The van der Waals surface area contributed by atoms with Gasteiger partial charge in [-0.15, -0.1) is 0 Å². The molecule has 0 amide bonds. The Labute approximate surface area is 38.5 Å². The lowest BCUT2D eigenvalue weighted by Gasteiger charge is -1.97. The van der Waals surface area contributed by atoms with Gasteiger partial charge < -0.3 is 11.5 Å². The highest BCUT2D eigenvalue weighted by atomic mass is 14.8. The molecule has 0 saturated heterocycles. The first-order valence-corrected chi connectivity index (χ1v) is 2.07. The molecule has 0 aromatic carbocycles. The van der Waals surface area contributed by atoms with E-state index in [-0.39, 0.29) is 6.17 Å². The summed E-state index contributed by atoms with van der Waals surface area (Å²) in [6.45, 7) is 3.57. The van der Waals surface area contributed by atoms with E-state index in [2.05, 4.69) is 6.92 Å². The summed E-state index contributed by atoms with van der Waals surface area (Å²) in [6.07, 6.45) is 1.49. The van der Waals surface area contributed by atoms with Crippen LogP contribution in [0.5, 0.6) is 0 Å². The highest BCUT2D eigenvalue weighted by Crippen LogP contribution is 1.82. The van der Waals surface area contributed by atoms with Crippen molar-refractivity contribution >= 4 is 0 Å². The van der Waals surface area contributed by atoms with Gasteiger partial charge in [-0.25, -0.2) is 0 Å². The molecule has 1 radical (unpaired) electrons. The fraction of sp³-hybridized carbons (Fsp3) is 0.750. The SMILES string of the molecule is [CH2]CCC(N)N. The Morgan fingerprint density at radius 3 is 2.00 bits per heavy atom. The molecule has 0 aromatic rings. The molecule has 0 aliphatic carbocycles. The minimum atomic E-state index is -0.164. The monoisotopic (exact) mass is 87.1 g/mol. The van der Waals surface area contributed by atoms with Crippen molar-refractivity contribution < 1.29 is 0 Å². The number of hydrogen-bond donors (Lipinski definition) is 2. The van der Waals surface area contributed by atoms with Gasteiger partial charge in [0.1, 0.15) is 0 Å². The summed E-state index contributed by atoms with van der Waals surface area (Å²) >= 11 is 0. The van der Waals surface area contributed by atoms with E-state index in [1.165, 1.54) is 0 Å². The molecule has 0 aromatic heterocycles. The van der Waals surface area contributed by atoms with Crippen LogP contribution in [-0.4, -0.2) is 6.17 Å². The third-order valence-corrected chi connectivity index (χ3v) is 0.537. The van der Waals surface area contributed by atoms with E-state index < -0.39 is 0 Å². The average molecular weight is 87.1 g/mol. The lowest BCUT2D eigenvalue weighted by Crippen LogP contribution is -2.29. The zero-order valence-corrected chi connectivity index (χ0v) is 3.85. The van der Waals surface area contributed by atoms with Crippen LogP contribution in [0.1, 0.15) is 12.8 Å². The highest BCUT2D eigenvalue weighted by molar-refractivity contribution is 4.50. The third-order valence-electron chi connectivity index (χ3n) is 0.537. The fourth-order valence-corrected chi connectivity index (χ4v) is 0.236. The molecule has 0 aliphatic heterocycles. The van der Waals surface area contributed by atoms with Crippen molar-refractivity contribution in [2.24, 2.45) is 11.5 Å². The van der Waals surface area contributed by atoms with Crippen molar-refractivity contribution in [3.63, 3.8) is 0 Å². The molecule has 0 fully saturated rings. The molecule has 0 saturated carbocycles. The largest absolute Gasteiger partial charge is 0.316 e. The van der Waals surface area contributed by atoms with Crippen molar-refractivity contribution in [1.29, 1.82) is 0 Å². The maximum Gasteiger partial charge on any atom is 0.0520 e. The predicted molar refractivity (Wildman–Crippen MR) is 26.8 cm³/mol. The lowest BCUT2D eigenvalue weighted by atomic mass is 10.3. The molecule has 2 heteroatoms. The van der Waals surface area contributed by atoms with Gasteiger partial charge in [0.25, 0.3) is 0 Å². The fourth-order valence-electron chi connectivity index (χ4n) is 0.236. The van der Waals surface area contributed by atoms with Crippen LogP contribution in [0.3, 0.4) is 0 Å². The Balaban J connectivity index is 2.63. The third kappa shape index (κ3) is 3.92. The highest BCUT2D eigenvalue weighted by Gasteiger charge is 1.85. The summed E-state index contributed by atoms with van der Waals surface area (Å²) in [5.41, 5.74) is 10.3. The molecule has 0 spiro atoms. The van der Waals surface area contributed by atoms with E-state index in [0.717, 1.165) is 12.8 Å². The second-order valence-electron chi connectivity index (χ2n) is 1.31. The minimum Gasteiger partial charge on any atom is -0.316 e. The number of hydrogen-bond acceptors (Lipinski definition) is 2. The van der Waals surface area contributed by atoms with Crippen LogP contribution < -0.4 is 11.5 Å². The second-order valence-corrected chi connectivity index (χ2v) is 1.31. The van der Waals surface area contributed by atoms with Crippen LogP contribution in [-0.2, 0) is 0 Å². The Kier molecular flexibility index (Phi) is 3.08. The number of rotatable bonds is 2. The predicted octanol–water partition coefficient (Wildman–Crippen LogP) is -0.156. The van der Waals surface area contributed by atoms with Crippen LogP contribution in [0.25, 0.3) is 0 Å². The van der Waals surface area contributed by atoms with Gasteiger partial charge in [0.05, 0.1) is 6.17 Å². The maximum absolute atomic E-state index is 5.14. The van der Waals surface area contributed by atoms with Gasteiger partial charge in [-0.3, -0.25) is 0 Å². The molecule has 0 bridgehead atoms. The van der Waals surface area contributed by atoms with Crippen molar-refractivity contribution in [1.82, 2.24) is 0 Å². The summed E-state index contributed by atoms with van der Waals surface area (Å²) in [7, 11) is 0. The first kappa shape index (κ1) is 5.92. The van der Waals surface area contributed by atoms with Gasteiger partial charge in [0.2, 0.25) is 0 Å². The van der Waals surface area contributed by atoms with E-state index in [4.69, 9.17) is 11.5 Å². The Morgan fingerprint density at radius 1 is 1.50 bits per heavy atom. The summed E-state index contributed by atoms with van der Waals surface area (Å²) in [6, 6.07) is 0. The molecular weight excluding hydrogens is 76.1 g/mol. The molecule has 0 atom stereocenters. The van der Waals surface area contributed by atoms with Crippen LogP contribution >= 0.6 is 0 Å². The van der Waals surface area contributed by atoms with Crippen LogP contribution in [0.2, 0.25) is 0 Å². The smallest absolute Gasteiger partial charge is 0.0520 e. The molecule has 6 heavy (non-hydrogen) atoms. The first-order valence-electron chi connectivity index (χ1n) is 2.07. The molecule has 0 heterocycles. The van der Waals surface area contributed by atoms with Gasteiger partial charge in [0.15, 0.2) is 0 Å². The van der Waals surface area contributed by atoms with Crippen LogP contribution in [0.4, 0.5) is 0 Å². The quantitative estimate of drug-likeness (QED) is 0.460. The zero-order chi connectivity index (χ0) is 4.99. The van der Waals surface area contributed by atoms with Gasteiger partial charge >= 0.3 is 0 Å². The van der Waals surface area contributed by atoms with E-state index in [0.29, 0.717) is 0 Å². The molecule has 0 rings (SSSR count). The van der Waals surface area contributed by atoms with E-state index in [1.807, 2.05) is 0 Å². The second kappa shape index (κ2) is 3.12. The summed E-state index contributed by atoms with van der Waals surface area (Å²) in [5, 5.41) is 0. The van der Waals surface area contributed by atoms with E-state index in [1.54, 1.807) is 0 Å². The Morgan fingerprint density at radius 2 is 2.00 bits per heavy atom. The molecule has 2 nitrogen and oxygen atoms in total. The van der Waals surface area contributed by atoms with Gasteiger partial charge in [-0.2, -0.15) is 0 Å². The lowest BCUT2D eigenvalue weighted by molar-refractivity contribution is 0.646. The van der Waals surface area contributed by atoms with Crippen molar-refractivity contribution in [2.75, 3.05) is 0 Å². The van der Waals surface area contributed by atoms with Crippen LogP contribution in [0, 0.1) is 6.92 Å². The molecule has 4 N–H and O–H groups in total. The van der Waals surface area contributed by atoms with Gasteiger partial charge in [0, 0.05) is 0 Å². The summed E-state index contributed by atoms with van der Waals surface area (Å²) in [5.74, 6) is 0. The molecule has 37 valence electrons. The van der Waals surface area contributed by atoms with E-state index >= 15 is 0 Å². The average Bonchev–Trinajstić information content (AvgIpc) is 1.35. The molecular formula is C4H11N2. The normalized spacial score (nSPS) is 10.0. The molecule has 0 aliphatic rings. The summed E-state index contributed by atoms with van der Waals surface area (Å²) < 4.78 is 0. The van der Waals surface area contributed by atoms with E-state index in [9.17, 15) is 0 Å². The standard InChI is InChI=1S/C4H11N2/c1-2-3-4(5)6/h4H,1-3,5-6H2.